The van der Waals surface area contributed by atoms with E-state index in [2.05, 4.69) is 53.4 Å². The maximum Gasteiger partial charge on any atom is 0.267 e. The topological polar surface area (TPSA) is 93.2 Å². The summed E-state index contributed by atoms with van der Waals surface area (Å²) in [4.78, 5) is 17.5. The van der Waals surface area contributed by atoms with Crippen LogP contribution in [-0.4, -0.2) is 67.8 Å². The van der Waals surface area contributed by atoms with Crippen molar-refractivity contribution in [2.24, 2.45) is 5.92 Å². The van der Waals surface area contributed by atoms with Crippen LogP contribution in [0.1, 0.15) is 49.7 Å². The molecule has 170 valence electrons. The van der Waals surface area contributed by atoms with Crippen LogP contribution >= 0.6 is 0 Å². The molecule has 1 fully saturated rings. The molecule has 1 aromatic rings. The van der Waals surface area contributed by atoms with E-state index >= 15 is 0 Å². The van der Waals surface area contributed by atoms with Gasteiger partial charge in [-0.25, -0.2) is 0 Å². The van der Waals surface area contributed by atoms with Crippen LogP contribution in [0, 0.1) is 17.2 Å². The van der Waals surface area contributed by atoms with Gasteiger partial charge in [0.2, 0.25) is 0 Å². The fourth-order valence-electron chi connectivity index (χ4n) is 3.59. The number of likely N-dealkylation sites (tertiary alicyclic amines) is 1. The number of carbonyl (C=O) groups excluding carboxylic acids is 1. The molecule has 31 heavy (non-hydrogen) atoms. The molecule has 2 rings (SSSR count). The van der Waals surface area contributed by atoms with Gasteiger partial charge in [0.05, 0.1) is 12.2 Å². The molecule has 0 spiro atoms. The standard InChI is InChI=1S/C24H37N5O2/c1-19-7-12-29(13-8-19)14-9-21(24(2,3)28-11-15-31-4)6-5-10-26-23(30)22-16-20(17-25)18-27-22/h5-6,9,16,18-19,27-28H,7-8,10-15H2,1-4H3,(H,26,30)/b6-5-,21-9+. The molecule has 7 heteroatoms. The molecule has 0 atom stereocenters. The van der Waals surface area contributed by atoms with Crippen LogP contribution in [0.3, 0.4) is 0 Å². The van der Waals surface area contributed by atoms with Crippen molar-refractivity contribution in [1.29, 1.82) is 5.26 Å². The molecule has 1 aliphatic rings. The van der Waals surface area contributed by atoms with Crippen molar-refractivity contribution in [3.05, 3.63) is 47.3 Å². The zero-order valence-electron chi connectivity index (χ0n) is 19.3. The Balaban J connectivity index is 1.98. The summed E-state index contributed by atoms with van der Waals surface area (Å²) in [7, 11) is 1.70. The van der Waals surface area contributed by atoms with Crippen molar-refractivity contribution >= 4 is 5.91 Å². The predicted molar refractivity (Wildman–Crippen MR) is 124 cm³/mol. The number of hydrogen-bond acceptors (Lipinski definition) is 5. The number of nitriles is 1. The lowest BCUT2D eigenvalue weighted by molar-refractivity contribution is 0.0953. The van der Waals surface area contributed by atoms with Crippen molar-refractivity contribution in [3.8, 4) is 6.07 Å². The van der Waals surface area contributed by atoms with Gasteiger partial charge in [0, 0.05) is 38.5 Å². The number of carbonyl (C=O) groups is 1. The van der Waals surface area contributed by atoms with Gasteiger partial charge in [-0.05, 0) is 57.3 Å². The first-order chi connectivity index (χ1) is 14.9. The van der Waals surface area contributed by atoms with Crippen LogP contribution in [0.5, 0.6) is 0 Å². The highest BCUT2D eigenvalue weighted by atomic mass is 16.5. The Morgan fingerprint density at radius 3 is 2.81 bits per heavy atom. The molecule has 1 amide bonds. The van der Waals surface area contributed by atoms with Crippen LogP contribution in [-0.2, 0) is 4.74 Å². The summed E-state index contributed by atoms with van der Waals surface area (Å²) in [6, 6.07) is 3.56. The maximum absolute atomic E-state index is 12.2. The minimum atomic E-state index is -0.225. The summed E-state index contributed by atoms with van der Waals surface area (Å²) in [6.45, 7) is 11.7. The summed E-state index contributed by atoms with van der Waals surface area (Å²) < 4.78 is 5.18. The molecule has 1 saturated heterocycles. The minimum absolute atomic E-state index is 0.219. The van der Waals surface area contributed by atoms with Crippen molar-refractivity contribution in [3.63, 3.8) is 0 Å². The van der Waals surface area contributed by atoms with E-state index in [0.29, 0.717) is 24.4 Å². The summed E-state index contributed by atoms with van der Waals surface area (Å²) in [5.74, 6) is 0.593. The van der Waals surface area contributed by atoms with Crippen molar-refractivity contribution in [1.82, 2.24) is 20.5 Å². The number of ether oxygens (including phenoxy) is 1. The lowest BCUT2D eigenvalue weighted by atomic mass is 9.92. The Kier molecular flexibility index (Phi) is 9.99. The largest absolute Gasteiger partial charge is 0.383 e. The number of aromatic nitrogens is 1. The maximum atomic E-state index is 12.2. The third-order valence-electron chi connectivity index (χ3n) is 5.78. The normalized spacial score (nSPS) is 16.5. The second-order valence-electron chi connectivity index (χ2n) is 8.71. The lowest BCUT2D eigenvalue weighted by Crippen LogP contribution is -2.43. The van der Waals surface area contributed by atoms with Gasteiger partial charge in [0.25, 0.3) is 5.91 Å². The number of H-pyrrole nitrogens is 1. The van der Waals surface area contributed by atoms with Gasteiger partial charge >= 0.3 is 0 Å². The fourth-order valence-corrected chi connectivity index (χ4v) is 3.59. The van der Waals surface area contributed by atoms with Crippen molar-refractivity contribution in [2.75, 3.05) is 46.4 Å². The second kappa shape index (κ2) is 12.5. The van der Waals surface area contributed by atoms with E-state index in [1.165, 1.54) is 24.6 Å². The highest BCUT2D eigenvalue weighted by molar-refractivity contribution is 5.92. The van der Waals surface area contributed by atoms with Crippen LogP contribution < -0.4 is 10.6 Å². The first kappa shape index (κ1) is 24.9. The molecule has 0 unspecified atom stereocenters. The number of nitrogens with one attached hydrogen (secondary N) is 3. The molecule has 2 heterocycles. The number of rotatable bonds is 11. The SMILES string of the molecule is COCCNC(C)(C)C(/C=C\CNC(=O)c1cc(C#N)c[nH]1)=C/CN1CCC(C)CC1. The Labute approximate surface area is 186 Å². The van der Waals surface area contributed by atoms with Gasteiger partial charge in [-0.3, -0.25) is 9.69 Å². The van der Waals surface area contributed by atoms with Crippen molar-refractivity contribution in [2.45, 2.75) is 39.2 Å². The molecular formula is C24H37N5O2. The Morgan fingerprint density at radius 1 is 1.42 bits per heavy atom. The summed E-state index contributed by atoms with van der Waals surface area (Å²) >= 11 is 0. The van der Waals surface area contributed by atoms with Gasteiger partial charge < -0.3 is 20.4 Å². The molecule has 0 bridgehead atoms. The van der Waals surface area contributed by atoms with Gasteiger partial charge in [0.1, 0.15) is 11.8 Å². The van der Waals surface area contributed by atoms with Crippen LogP contribution in [0.4, 0.5) is 0 Å². The molecule has 0 aromatic carbocycles. The first-order valence-corrected chi connectivity index (χ1v) is 11.1. The summed E-state index contributed by atoms with van der Waals surface area (Å²) in [5, 5.41) is 15.3. The third-order valence-corrected chi connectivity index (χ3v) is 5.78. The zero-order chi connectivity index (χ0) is 22.7. The van der Waals surface area contributed by atoms with Gasteiger partial charge in [-0.2, -0.15) is 5.26 Å². The van der Waals surface area contributed by atoms with Crippen molar-refractivity contribution < 1.29 is 9.53 Å². The van der Waals surface area contributed by atoms with E-state index in [-0.39, 0.29) is 11.4 Å². The summed E-state index contributed by atoms with van der Waals surface area (Å²) in [6.07, 6.45) is 10.4. The van der Waals surface area contributed by atoms with E-state index in [9.17, 15) is 4.79 Å². The lowest BCUT2D eigenvalue weighted by Gasteiger charge is -2.31. The van der Waals surface area contributed by atoms with E-state index in [4.69, 9.17) is 10.00 Å². The molecule has 0 aliphatic carbocycles. The van der Waals surface area contributed by atoms with E-state index in [0.717, 1.165) is 32.1 Å². The Bertz CT molecular complexity index is 795. The Morgan fingerprint density at radius 2 is 2.16 bits per heavy atom. The fraction of sp³-hybridized carbons (Fsp3) is 0.583. The molecule has 0 saturated carbocycles. The summed E-state index contributed by atoms with van der Waals surface area (Å²) in [5.41, 5.74) is 1.80. The smallest absolute Gasteiger partial charge is 0.267 e. The number of nitrogens with zero attached hydrogens (tertiary/aromatic N) is 2. The highest BCUT2D eigenvalue weighted by Crippen LogP contribution is 2.20. The quantitative estimate of drug-likeness (QED) is 0.373. The number of amides is 1. The van der Waals surface area contributed by atoms with E-state index < -0.39 is 0 Å². The zero-order valence-corrected chi connectivity index (χ0v) is 19.3. The third kappa shape index (κ3) is 8.33. The monoisotopic (exact) mass is 427 g/mol. The first-order valence-electron chi connectivity index (χ1n) is 11.1. The van der Waals surface area contributed by atoms with E-state index in [1.54, 1.807) is 13.2 Å². The van der Waals surface area contributed by atoms with Crippen LogP contribution in [0.25, 0.3) is 0 Å². The molecule has 7 nitrogen and oxygen atoms in total. The molecular weight excluding hydrogens is 390 g/mol. The number of hydrogen-bond donors (Lipinski definition) is 3. The Hall–Kier alpha value is -2.40. The highest BCUT2D eigenvalue weighted by Gasteiger charge is 2.21. The van der Waals surface area contributed by atoms with Crippen LogP contribution in [0.2, 0.25) is 0 Å². The molecule has 1 aliphatic heterocycles. The molecule has 0 radical (unpaired) electrons. The number of piperidine rings is 1. The van der Waals surface area contributed by atoms with Gasteiger partial charge in [-0.1, -0.05) is 25.2 Å². The predicted octanol–water partition coefficient (Wildman–Crippen LogP) is 2.85. The number of aromatic amines is 1. The average Bonchev–Trinajstić information content (AvgIpc) is 3.23. The van der Waals surface area contributed by atoms with Gasteiger partial charge in [0.15, 0.2) is 0 Å². The molecule has 1 aromatic heterocycles. The number of methoxy groups -OCH3 is 1. The molecule has 3 N–H and O–H groups in total. The van der Waals surface area contributed by atoms with Crippen LogP contribution in [0.15, 0.2) is 36.1 Å². The van der Waals surface area contributed by atoms with Gasteiger partial charge in [-0.15, -0.1) is 0 Å². The average molecular weight is 428 g/mol. The minimum Gasteiger partial charge on any atom is -0.383 e. The van der Waals surface area contributed by atoms with E-state index in [1.807, 2.05) is 12.1 Å². The second-order valence-corrected chi connectivity index (χ2v) is 8.71.